The van der Waals surface area contributed by atoms with Crippen LogP contribution in [0.4, 0.5) is 11.4 Å². The van der Waals surface area contributed by atoms with Crippen LogP contribution in [0, 0.1) is 21.4 Å². The second kappa shape index (κ2) is 6.01. The van der Waals surface area contributed by atoms with E-state index < -0.39 is 4.92 Å². The van der Waals surface area contributed by atoms with E-state index in [2.05, 4.69) is 11.8 Å². The van der Waals surface area contributed by atoms with E-state index in [1.165, 1.54) is 12.1 Å². The van der Waals surface area contributed by atoms with Crippen molar-refractivity contribution in [1.82, 2.24) is 0 Å². The van der Waals surface area contributed by atoms with E-state index in [9.17, 15) is 10.1 Å². The molecule has 0 N–H and O–H groups in total. The van der Waals surface area contributed by atoms with E-state index in [-0.39, 0.29) is 11.7 Å². The molecule has 96 valence electrons. The highest BCUT2D eigenvalue weighted by molar-refractivity contribution is 5.63. The molecule has 0 radical (unpaired) electrons. The maximum atomic E-state index is 10.7. The number of nitro groups is 1. The van der Waals surface area contributed by atoms with Gasteiger partial charge in [0, 0.05) is 24.7 Å². The van der Waals surface area contributed by atoms with E-state index in [0.29, 0.717) is 5.56 Å². The molecule has 0 aliphatic heterocycles. The average molecular weight is 247 g/mol. The largest absolute Gasteiger partial charge is 0.368 e. The first-order valence-electron chi connectivity index (χ1n) is 5.96. The van der Waals surface area contributed by atoms with Gasteiger partial charge in [-0.15, -0.1) is 0 Å². The molecule has 5 heteroatoms. The quantitative estimate of drug-likeness (QED) is 0.592. The molecule has 0 atom stereocenters. The molecule has 5 nitrogen and oxygen atoms in total. The highest BCUT2D eigenvalue weighted by atomic mass is 16.6. The van der Waals surface area contributed by atoms with Crippen LogP contribution in [0.5, 0.6) is 0 Å². The summed E-state index contributed by atoms with van der Waals surface area (Å²) in [5, 5.41) is 19.8. The van der Waals surface area contributed by atoms with E-state index in [1.807, 2.05) is 19.9 Å². The van der Waals surface area contributed by atoms with Crippen molar-refractivity contribution in [3.8, 4) is 6.07 Å². The molecule has 0 aliphatic carbocycles. The summed E-state index contributed by atoms with van der Waals surface area (Å²) in [4.78, 5) is 12.3. The zero-order valence-corrected chi connectivity index (χ0v) is 10.9. The molecule has 0 aromatic heterocycles. The molecular weight excluding hydrogens is 230 g/mol. The maximum Gasteiger partial charge on any atom is 0.270 e. The number of nitriles is 1. The Morgan fingerprint density at radius 1 is 1.50 bits per heavy atom. The first-order chi connectivity index (χ1) is 8.51. The van der Waals surface area contributed by atoms with Crippen LogP contribution < -0.4 is 4.90 Å². The number of anilines is 1. The summed E-state index contributed by atoms with van der Waals surface area (Å²) < 4.78 is 0. The maximum absolute atomic E-state index is 10.7. The van der Waals surface area contributed by atoms with Crippen LogP contribution in [0.1, 0.15) is 32.8 Å². The standard InChI is InChI=1S/C13H17N3O2/c1-4-7-15(10(2)3)13-6-5-12(16(17)18)8-11(13)9-14/h5-6,8,10H,4,7H2,1-3H3. The van der Waals surface area contributed by atoms with Crippen LogP contribution in [0.25, 0.3) is 0 Å². The molecule has 0 unspecified atom stereocenters. The number of benzene rings is 1. The lowest BCUT2D eigenvalue weighted by molar-refractivity contribution is -0.384. The van der Waals surface area contributed by atoms with E-state index in [4.69, 9.17) is 5.26 Å². The first-order valence-corrected chi connectivity index (χ1v) is 5.96. The van der Waals surface area contributed by atoms with Gasteiger partial charge in [-0.25, -0.2) is 0 Å². The number of non-ortho nitro benzene ring substituents is 1. The van der Waals surface area contributed by atoms with Gasteiger partial charge in [0.1, 0.15) is 6.07 Å². The summed E-state index contributed by atoms with van der Waals surface area (Å²) in [6, 6.07) is 6.73. The highest BCUT2D eigenvalue weighted by Crippen LogP contribution is 2.26. The lowest BCUT2D eigenvalue weighted by Gasteiger charge is -2.29. The third-order valence-electron chi connectivity index (χ3n) is 2.71. The Kier molecular flexibility index (Phi) is 4.67. The van der Waals surface area contributed by atoms with Gasteiger partial charge in [-0.05, 0) is 26.3 Å². The fourth-order valence-electron chi connectivity index (χ4n) is 1.88. The normalized spacial score (nSPS) is 10.2. The summed E-state index contributed by atoms with van der Waals surface area (Å²) in [6.07, 6.45) is 0.958. The molecule has 0 aliphatic rings. The Labute approximate surface area is 107 Å². The number of hydrogen-bond acceptors (Lipinski definition) is 4. The number of nitro benzene ring substituents is 1. The molecule has 0 amide bonds. The molecule has 1 rings (SSSR count). The van der Waals surface area contributed by atoms with Crippen LogP contribution in [0.3, 0.4) is 0 Å². The van der Waals surface area contributed by atoms with Gasteiger partial charge in [0.25, 0.3) is 5.69 Å². The second-order valence-corrected chi connectivity index (χ2v) is 4.36. The van der Waals surface area contributed by atoms with E-state index in [1.54, 1.807) is 6.07 Å². The van der Waals surface area contributed by atoms with Crippen molar-refractivity contribution in [3.63, 3.8) is 0 Å². The zero-order chi connectivity index (χ0) is 13.7. The van der Waals surface area contributed by atoms with Crippen molar-refractivity contribution in [2.75, 3.05) is 11.4 Å². The molecule has 18 heavy (non-hydrogen) atoms. The lowest BCUT2D eigenvalue weighted by atomic mass is 10.1. The fraction of sp³-hybridized carbons (Fsp3) is 0.462. The molecule has 0 saturated carbocycles. The van der Waals surface area contributed by atoms with Crippen molar-refractivity contribution in [2.24, 2.45) is 0 Å². The third-order valence-corrected chi connectivity index (χ3v) is 2.71. The zero-order valence-electron chi connectivity index (χ0n) is 10.9. The highest BCUT2D eigenvalue weighted by Gasteiger charge is 2.17. The van der Waals surface area contributed by atoms with Gasteiger partial charge in [0.05, 0.1) is 16.2 Å². The molecule has 1 aromatic carbocycles. The second-order valence-electron chi connectivity index (χ2n) is 4.36. The molecule has 0 spiro atoms. The fourth-order valence-corrected chi connectivity index (χ4v) is 1.88. The summed E-state index contributed by atoms with van der Waals surface area (Å²) in [5.74, 6) is 0. The predicted octanol–water partition coefficient (Wildman–Crippen LogP) is 3.09. The SMILES string of the molecule is CCCN(c1ccc([N+](=O)[O-])cc1C#N)C(C)C. The minimum atomic E-state index is -0.482. The van der Waals surface area contributed by atoms with Crippen molar-refractivity contribution in [1.29, 1.82) is 5.26 Å². The first kappa shape index (κ1) is 14.0. The Balaban J connectivity index is 3.23. The van der Waals surface area contributed by atoms with Crippen molar-refractivity contribution < 1.29 is 4.92 Å². The molecule has 1 aromatic rings. The lowest BCUT2D eigenvalue weighted by Crippen LogP contribution is -2.32. The Hall–Kier alpha value is -2.09. The van der Waals surface area contributed by atoms with E-state index >= 15 is 0 Å². The molecule has 0 bridgehead atoms. The molecular formula is C13H17N3O2. The Bertz CT molecular complexity index is 478. The summed E-state index contributed by atoms with van der Waals surface area (Å²) in [7, 11) is 0. The van der Waals surface area contributed by atoms with Crippen LogP contribution in [-0.2, 0) is 0 Å². The van der Waals surface area contributed by atoms with Gasteiger partial charge in [-0.3, -0.25) is 10.1 Å². The minimum absolute atomic E-state index is 0.0458. The van der Waals surface area contributed by atoms with Crippen LogP contribution in [0.2, 0.25) is 0 Å². The molecule has 0 saturated heterocycles. The minimum Gasteiger partial charge on any atom is -0.368 e. The summed E-state index contributed by atoms with van der Waals surface area (Å²) >= 11 is 0. The predicted molar refractivity (Wildman–Crippen MR) is 70.6 cm³/mol. The summed E-state index contributed by atoms with van der Waals surface area (Å²) in [6.45, 7) is 6.97. The Morgan fingerprint density at radius 3 is 2.61 bits per heavy atom. The van der Waals surface area contributed by atoms with Crippen LogP contribution >= 0.6 is 0 Å². The monoisotopic (exact) mass is 247 g/mol. The van der Waals surface area contributed by atoms with Gasteiger partial charge >= 0.3 is 0 Å². The van der Waals surface area contributed by atoms with E-state index in [0.717, 1.165) is 18.7 Å². The van der Waals surface area contributed by atoms with Crippen molar-refractivity contribution in [3.05, 3.63) is 33.9 Å². The van der Waals surface area contributed by atoms with Gasteiger partial charge in [-0.1, -0.05) is 6.92 Å². The molecule has 0 fully saturated rings. The summed E-state index contributed by atoms with van der Waals surface area (Å²) in [5.41, 5.74) is 1.07. The molecule has 0 heterocycles. The average Bonchev–Trinajstić information content (AvgIpc) is 2.34. The Morgan fingerprint density at radius 2 is 2.17 bits per heavy atom. The number of rotatable bonds is 5. The van der Waals surface area contributed by atoms with Gasteiger partial charge in [0.15, 0.2) is 0 Å². The van der Waals surface area contributed by atoms with Crippen molar-refractivity contribution in [2.45, 2.75) is 33.2 Å². The topological polar surface area (TPSA) is 70.2 Å². The van der Waals surface area contributed by atoms with Crippen molar-refractivity contribution >= 4 is 11.4 Å². The van der Waals surface area contributed by atoms with Gasteiger partial charge < -0.3 is 4.90 Å². The van der Waals surface area contributed by atoms with Crippen LogP contribution in [0.15, 0.2) is 18.2 Å². The van der Waals surface area contributed by atoms with Gasteiger partial charge in [0.2, 0.25) is 0 Å². The van der Waals surface area contributed by atoms with Gasteiger partial charge in [-0.2, -0.15) is 5.26 Å². The number of hydrogen-bond donors (Lipinski definition) is 0. The number of nitrogens with zero attached hydrogens (tertiary/aromatic N) is 3. The van der Waals surface area contributed by atoms with Crippen LogP contribution in [-0.4, -0.2) is 17.5 Å². The third kappa shape index (κ3) is 2.98. The smallest absolute Gasteiger partial charge is 0.270 e.